The summed E-state index contributed by atoms with van der Waals surface area (Å²) in [6.07, 6.45) is 4.69. The molecule has 0 radical (unpaired) electrons. The molecular formula is C16H22O2. The zero-order valence-corrected chi connectivity index (χ0v) is 11.8. The summed E-state index contributed by atoms with van der Waals surface area (Å²) in [5, 5.41) is 10.1. The highest BCUT2D eigenvalue weighted by Gasteiger charge is 2.33. The molecule has 18 heavy (non-hydrogen) atoms. The zero-order chi connectivity index (χ0) is 13.5. The van der Waals surface area contributed by atoms with Gasteiger partial charge in [0.1, 0.15) is 17.1 Å². The van der Waals surface area contributed by atoms with Crippen molar-refractivity contribution in [3.63, 3.8) is 0 Å². The predicted molar refractivity (Wildman–Crippen MR) is 74.5 cm³/mol. The molecule has 1 aliphatic rings. The summed E-state index contributed by atoms with van der Waals surface area (Å²) in [4.78, 5) is 0. The minimum Gasteiger partial charge on any atom is -0.507 e. The molecule has 2 nitrogen and oxygen atoms in total. The molecule has 0 aromatic heterocycles. The molecule has 0 amide bonds. The van der Waals surface area contributed by atoms with E-state index in [2.05, 4.69) is 13.5 Å². The van der Waals surface area contributed by atoms with Crippen LogP contribution in [-0.2, 0) is 6.42 Å². The molecule has 0 aliphatic carbocycles. The standard InChI is InChI=1S/C16H22O2/c1-6-8-16(5)9-7-13-12(4)14(17)10(2)11(3)15(13)18-16/h6,17H,1,7-9H2,2-5H3/t16-/m1/s1. The van der Waals surface area contributed by atoms with Gasteiger partial charge in [-0.05, 0) is 57.2 Å². The van der Waals surface area contributed by atoms with Crippen LogP contribution in [0.25, 0.3) is 0 Å². The van der Waals surface area contributed by atoms with Gasteiger partial charge in [-0.15, -0.1) is 6.58 Å². The van der Waals surface area contributed by atoms with Crippen molar-refractivity contribution in [2.45, 2.75) is 52.6 Å². The molecule has 2 rings (SSSR count). The Morgan fingerprint density at radius 2 is 1.94 bits per heavy atom. The number of phenols is 1. The van der Waals surface area contributed by atoms with Crippen LogP contribution in [0.4, 0.5) is 0 Å². The number of benzene rings is 1. The van der Waals surface area contributed by atoms with E-state index in [1.807, 2.05) is 26.8 Å². The van der Waals surface area contributed by atoms with E-state index < -0.39 is 0 Å². The molecule has 2 heteroatoms. The van der Waals surface area contributed by atoms with E-state index in [0.717, 1.165) is 47.3 Å². The Morgan fingerprint density at radius 3 is 2.56 bits per heavy atom. The van der Waals surface area contributed by atoms with Crippen molar-refractivity contribution in [1.82, 2.24) is 0 Å². The van der Waals surface area contributed by atoms with Crippen LogP contribution in [0.5, 0.6) is 11.5 Å². The summed E-state index contributed by atoms with van der Waals surface area (Å²) >= 11 is 0. The summed E-state index contributed by atoms with van der Waals surface area (Å²) in [6, 6.07) is 0. The van der Waals surface area contributed by atoms with Crippen molar-refractivity contribution < 1.29 is 9.84 Å². The van der Waals surface area contributed by atoms with Gasteiger partial charge in [-0.1, -0.05) is 6.08 Å². The van der Waals surface area contributed by atoms with E-state index in [-0.39, 0.29) is 5.60 Å². The Morgan fingerprint density at radius 1 is 1.28 bits per heavy atom. The van der Waals surface area contributed by atoms with Crippen LogP contribution >= 0.6 is 0 Å². The van der Waals surface area contributed by atoms with Gasteiger partial charge in [0.25, 0.3) is 0 Å². The molecule has 1 heterocycles. The van der Waals surface area contributed by atoms with Gasteiger partial charge < -0.3 is 9.84 Å². The summed E-state index contributed by atoms with van der Waals surface area (Å²) in [7, 11) is 0. The lowest BCUT2D eigenvalue weighted by atomic mass is 9.85. The molecule has 0 bridgehead atoms. The fourth-order valence-corrected chi connectivity index (χ4v) is 2.74. The maximum atomic E-state index is 10.1. The molecule has 0 spiro atoms. The van der Waals surface area contributed by atoms with Gasteiger partial charge in [0.05, 0.1) is 0 Å². The van der Waals surface area contributed by atoms with Crippen LogP contribution in [0.3, 0.4) is 0 Å². The van der Waals surface area contributed by atoms with Crippen molar-refractivity contribution in [3.8, 4) is 11.5 Å². The Hall–Kier alpha value is -1.44. The monoisotopic (exact) mass is 246 g/mol. The van der Waals surface area contributed by atoms with E-state index >= 15 is 0 Å². The van der Waals surface area contributed by atoms with Gasteiger partial charge >= 0.3 is 0 Å². The molecule has 1 aliphatic heterocycles. The topological polar surface area (TPSA) is 29.5 Å². The van der Waals surface area contributed by atoms with Crippen molar-refractivity contribution in [3.05, 3.63) is 34.9 Å². The van der Waals surface area contributed by atoms with Crippen LogP contribution in [-0.4, -0.2) is 10.7 Å². The number of rotatable bonds is 2. The normalized spacial score (nSPS) is 22.2. The maximum Gasteiger partial charge on any atom is 0.127 e. The van der Waals surface area contributed by atoms with E-state index in [4.69, 9.17) is 4.74 Å². The summed E-state index contributed by atoms with van der Waals surface area (Å²) in [5.41, 5.74) is 3.96. The Kier molecular flexibility index (Phi) is 3.14. The predicted octanol–water partition coefficient (Wildman–Crippen LogP) is 3.98. The number of hydrogen-bond donors (Lipinski definition) is 1. The van der Waals surface area contributed by atoms with Gasteiger partial charge in [-0.3, -0.25) is 0 Å². The number of hydrogen-bond acceptors (Lipinski definition) is 2. The lowest BCUT2D eigenvalue weighted by molar-refractivity contribution is 0.0668. The highest BCUT2D eigenvalue weighted by atomic mass is 16.5. The average Bonchev–Trinajstić information content (AvgIpc) is 2.34. The summed E-state index contributed by atoms with van der Waals surface area (Å²) in [5.74, 6) is 1.39. The van der Waals surface area contributed by atoms with Crippen LogP contribution in [0.1, 0.15) is 42.0 Å². The minimum atomic E-state index is -0.157. The van der Waals surface area contributed by atoms with Crippen LogP contribution in [0, 0.1) is 20.8 Å². The molecule has 0 saturated heterocycles. The smallest absolute Gasteiger partial charge is 0.127 e. The molecular weight excluding hydrogens is 224 g/mol. The lowest BCUT2D eigenvalue weighted by Gasteiger charge is -2.37. The van der Waals surface area contributed by atoms with Crippen LogP contribution in [0.15, 0.2) is 12.7 Å². The summed E-state index contributed by atoms with van der Waals surface area (Å²) in [6.45, 7) is 11.9. The Labute approximate surface area is 109 Å². The molecule has 1 aromatic carbocycles. The molecule has 1 atom stereocenters. The summed E-state index contributed by atoms with van der Waals surface area (Å²) < 4.78 is 6.22. The largest absolute Gasteiger partial charge is 0.507 e. The van der Waals surface area contributed by atoms with Gasteiger partial charge in [0.15, 0.2) is 0 Å². The highest BCUT2D eigenvalue weighted by Crippen LogP contribution is 2.43. The SMILES string of the molecule is C=CC[C@]1(C)CCc2c(C)c(O)c(C)c(C)c2O1. The van der Waals surface area contributed by atoms with Crippen LogP contribution < -0.4 is 4.74 Å². The molecule has 98 valence electrons. The minimum absolute atomic E-state index is 0.157. The Balaban J connectivity index is 2.53. The second-order valence-electron chi connectivity index (χ2n) is 5.58. The second kappa shape index (κ2) is 4.34. The van der Waals surface area contributed by atoms with Crippen molar-refractivity contribution in [2.75, 3.05) is 0 Å². The fraction of sp³-hybridized carbons (Fsp3) is 0.500. The molecule has 0 saturated carbocycles. The lowest BCUT2D eigenvalue weighted by Crippen LogP contribution is -2.36. The first-order valence-electron chi connectivity index (χ1n) is 6.51. The third-order valence-corrected chi connectivity index (χ3v) is 4.17. The number of ether oxygens (including phenoxy) is 1. The quantitative estimate of drug-likeness (QED) is 0.800. The van der Waals surface area contributed by atoms with E-state index in [0.29, 0.717) is 5.75 Å². The number of phenolic OH excluding ortho intramolecular Hbond substituents is 1. The van der Waals surface area contributed by atoms with E-state index in [1.165, 1.54) is 0 Å². The molecule has 0 fully saturated rings. The highest BCUT2D eigenvalue weighted by molar-refractivity contribution is 5.58. The van der Waals surface area contributed by atoms with Gasteiger partial charge in [0, 0.05) is 12.0 Å². The third kappa shape index (κ3) is 1.90. The van der Waals surface area contributed by atoms with Gasteiger partial charge in [-0.2, -0.15) is 0 Å². The van der Waals surface area contributed by atoms with Crippen molar-refractivity contribution in [2.24, 2.45) is 0 Å². The number of aromatic hydroxyl groups is 1. The average molecular weight is 246 g/mol. The van der Waals surface area contributed by atoms with E-state index in [1.54, 1.807) is 0 Å². The van der Waals surface area contributed by atoms with E-state index in [9.17, 15) is 5.11 Å². The number of fused-ring (bicyclic) bond motifs is 1. The second-order valence-corrected chi connectivity index (χ2v) is 5.58. The van der Waals surface area contributed by atoms with Crippen LogP contribution in [0.2, 0.25) is 0 Å². The third-order valence-electron chi connectivity index (χ3n) is 4.17. The maximum absolute atomic E-state index is 10.1. The fourth-order valence-electron chi connectivity index (χ4n) is 2.74. The van der Waals surface area contributed by atoms with Crippen molar-refractivity contribution >= 4 is 0 Å². The molecule has 1 N–H and O–H groups in total. The first-order valence-corrected chi connectivity index (χ1v) is 6.51. The molecule has 0 unspecified atom stereocenters. The Bertz CT molecular complexity index is 503. The first kappa shape index (κ1) is 13.0. The van der Waals surface area contributed by atoms with Gasteiger partial charge in [0.2, 0.25) is 0 Å². The molecule has 1 aromatic rings. The van der Waals surface area contributed by atoms with Crippen molar-refractivity contribution in [1.29, 1.82) is 0 Å². The van der Waals surface area contributed by atoms with Gasteiger partial charge in [-0.25, -0.2) is 0 Å². The first-order chi connectivity index (χ1) is 8.39. The zero-order valence-electron chi connectivity index (χ0n) is 11.8.